The average molecular weight is 282 g/mol. The van der Waals surface area contributed by atoms with Crippen molar-refractivity contribution in [2.45, 2.75) is 18.9 Å². The molecule has 0 saturated carbocycles. The Balaban J connectivity index is 1.72. The maximum atomic E-state index is 12.4. The summed E-state index contributed by atoms with van der Waals surface area (Å²) in [5.41, 5.74) is 3.01. The number of anilines is 2. The zero-order valence-corrected chi connectivity index (χ0v) is 11.9. The Kier molecular flexibility index (Phi) is 3.77. The first-order valence-corrected chi connectivity index (χ1v) is 7.06. The van der Waals surface area contributed by atoms with Crippen molar-refractivity contribution in [1.29, 1.82) is 0 Å². The molecule has 0 spiro atoms. The molecule has 1 amide bonds. The number of fused-ring (bicyclic) bond motifs is 1. The van der Waals surface area contributed by atoms with E-state index in [0.29, 0.717) is 11.4 Å². The van der Waals surface area contributed by atoms with Crippen molar-refractivity contribution >= 4 is 17.3 Å². The normalized spacial score (nSPS) is 16.5. The monoisotopic (exact) mass is 282 g/mol. The van der Waals surface area contributed by atoms with Crippen LogP contribution in [0, 0.1) is 0 Å². The summed E-state index contributed by atoms with van der Waals surface area (Å²) >= 11 is 0. The van der Waals surface area contributed by atoms with Crippen LogP contribution in [0.3, 0.4) is 0 Å². The molecule has 2 N–H and O–H groups in total. The highest BCUT2D eigenvalue weighted by molar-refractivity contribution is 5.98. The van der Waals surface area contributed by atoms with Crippen molar-refractivity contribution < 1.29 is 9.53 Å². The maximum Gasteiger partial charge on any atom is 0.246 e. The molecule has 1 aliphatic heterocycles. The predicted molar refractivity (Wildman–Crippen MR) is 83.8 cm³/mol. The van der Waals surface area contributed by atoms with Gasteiger partial charge in [-0.3, -0.25) is 4.79 Å². The number of amides is 1. The van der Waals surface area contributed by atoms with E-state index in [4.69, 9.17) is 4.74 Å². The van der Waals surface area contributed by atoms with Gasteiger partial charge in [0.05, 0.1) is 12.8 Å². The van der Waals surface area contributed by atoms with Crippen LogP contribution < -0.4 is 15.4 Å². The van der Waals surface area contributed by atoms with E-state index in [1.54, 1.807) is 7.11 Å². The van der Waals surface area contributed by atoms with Gasteiger partial charge in [-0.05, 0) is 36.6 Å². The smallest absolute Gasteiger partial charge is 0.246 e. The molecule has 0 saturated heterocycles. The lowest BCUT2D eigenvalue weighted by atomic mass is 9.97. The molecule has 0 fully saturated rings. The molecule has 1 atom stereocenters. The minimum Gasteiger partial charge on any atom is -0.495 e. The van der Waals surface area contributed by atoms with Crippen LogP contribution >= 0.6 is 0 Å². The molecule has 21 heavy (non-hydrogen) atoms. The van der Waals surface area contributed by atoms with Crippen LogP contribution in [0.1, 0.15) is 12.0 Å². The van der Waals surface area contributed by atoms with Gasteiger partial charge in [0, 0.05) is 5.69 Å². The number of methoxy groups -OCH3 is 1. The first-order chi connectivity index (χ1) is 10.3. The second-order valence-electron chi connectivity index (χ2n) is 5.08. The standard InChI is InChI=1S/C17H18N2O2/c1-21-16-9-5-4-8-14(16)19-17(20)15-11-10-12-6-2-3-7-13(12)18-15/h2-9,15,18H,10-11H2,1H3,(H,19,20). The summed E-state index contributed by atoms with van der Waals surface area (Å²) in [7, 11) is 1.60. The number of nitrogens with one attached hydrogen (secondary N) is 2. The lowest BCUT2D eigenvalue weighted by Gasteiger charge is -2.26. The Labute approximate surface area is 124 Å². The van der Waals surface area contributed by atoms with E-state index in [1.165, 1.54) is 5.56 Å². The number of hydrogen-bond donors (Lipinski definition) is 2. The van der Waals surface area contributed by atoms with Crippen LogP contribution in [0.4, 0.5) is 11.4 Å². The largest absolute Gasteiger partial charge is 0.495 e. The summed E-state index contributed by atoms with van der Waals surface area (Å²) in [4.78, 5) is 12.4. The van der Waals surface area contributed by atoms with Crippen LogP contribution in [0.5, 0.6) is 5.75 Å². The van der Waals surface area contributed by atoms with Gasteiger partial charge in [0.1, 0.15) is 11.8 Å². The van der Waals surface area contributed by atoms with Crippen molar-refractivity contribution in [1.82, 2.24) is 0 Å². The Morgan fingerprint density at radius 2 is 1.95 bits per heavy atom. The summed E-state index contributed by atoms with van der Waals surface area (Å²) in [6.45, 7) is 0. The number of para-hydroxylation sites is 3. The van der Waals surface area contributed by atoms with Crippen molar-refractivity contribution in [2.75, 3.05) is 17.7 Å². The second-order valence-corrected chi connectivity index (χ2v) is 5.08. The Morgan fingerprint density at radius 3 is 2.81 bits per heavy atom. The summed E-state index contributed by atoms with van der Waals surface area (Å²) < 4.78 is 5.25. The van der Waals surface area contributed by atoms with Gasteiger partial charge >= 0.3 is 0 Å². The zero-order chi connectivity index (χ0) is 14.7. The van der Waals surface area contributed by atoms with Gasteiger partial charge in [-0.2, -0.15) is 0 Å². The van der Waals surface area contributed by atoms with Gasteiger partial charge in [-0.25, -0.2) is 0 Å². The molecule has 0 bridgehead atoms. The molecular formula is C17H18N2O2. The van der Waals surface area contributed by atoms with E-state index in [2.05, 4.69) is 16.7 Å². The minimum atomic E-state index is -0.218. The molecule has 0 aromatic heterocycles. The molecule has 1 unspecified atom stereocenters. The van der Waals surface area contributed by atoms with Gasteiger partial charge in [-0.15, -0.1) is 0 Å². The van der Waals surface area contributed by atoms with Gasteiger partial charge in [-0.1, -0.05) is 30.3 Å². The SMILES string of the molecule is COc1ccccc1NC(=O)C1CCc2ccccc2N1. The van der Waals surface area contributed by atoms with Crippen LogP contribution in [0.25, 0.3) is 0 Å². The van der Waals surface area contributed by atoms with E-state index in [9.17, 15) is 4.79 Å². The van der Waals surface area contributed by atoms with E-state index in [1.807, 2.05) is 42.5 Å². The Bertz CT molecular complexity index is 655. The van der Waals surface area contributed by atoms with Crippen molar-refractivity contribution in [2.24, 2.45) is 0 Å². The molecule has 1 heterocycles. The van der Waals surface area contributed by atoms with Crippen LogP contribution in [0.15, 0.2) is 48.5 Å². The summed E-state index contributed by atoms with van der Waals surface area (Å²) in [6, 6.07) is 15.3. The highest BCUT2D eigenvalue weighted by Gasteiger charge is 2.24. The molecule has 4 heteroatoms. The van der Waals surface area contributed by atoms with Crippen molar-refractivity contribution in [3.63, 3.8) is 0 Å². The second kappa shape index (κ2) is 5.87. The molecule has 2 aromatic carbocycles. The highest BCUT2D eigenvalue weighted by Crippen LogP contribution is 2.27. The average Bonchev–Trinajstić information content (AvgIpc) is 2.55. The summed E-state index contributed by atoms with van der Waals surface area (Å²) in [5, 5.41) is 6.24. The molecule has 2 aromatic rings. The van der Waals surface area contributed by atoms with E-state index in [0.717, 1.165) is 18.5 Å². The molecule has 1 aliphatic rings. The maximum absolute atomic E-state index is 12.4. The molecular weight excluding hydrogens is 264 g/mol. The lowest BCUT2D eigenvalue weighted by molar-refractivity contribution is -0.117. The third-order valence-electron chi connectivity index (χ3n) is 3.73. The minimum absolute atomic E-state index is 0.0333. The topological polar surface area (TPSA) is 50.4 Å². The van der Waals surface area contributed by atoms with Crippen LogP contribution in [-0.4, -0.2) is 19.1 Å². The van der Waals surface area contributed by atoms with E-state index in [-0.39, 0.29) is 11.9 Å². The van der Waals surface area contributed by atoms with Gasteiger partial charge < -0.3 is 15.4 Å². The molecule has 0 aliphatic carbocycles. The molecule has 108 valence electrons. The van der Waals surface area contributed by atoms with E-state index >= 15 is 0 Å². The first kappa shape index (κ1) is 13.5. The fourth-order valence-corrected chi connectivity index (χ4v) is 2.60. The number of benzene rings is 2. The third-order valence-corrected chi connectivity index (χ3v) is 3.73. The quantitative estimate of drug-likeness (QED) is 0.909. The predicted octanol–water partition coefficient (Wildman–Crippen LogP) is 3.06. The van der Waals surface area contributed by atoms with Crippen LogP contribution in [0.2, 0.25) is 0 Å². The van der Waals surface area contributed by atoms with Crippen LogP contribution in [-0.2, 0) is 11.2 Å². The van der Waals surface area contributed by atoms with Gasteiger partial charge in [0.25, 0.3) is 0 Å². The number of carbonyl (C=O) groups is 1. The number of carbonyl (C=O) groups excluding carboxylic acids is 1. The summed E-state index contributed by atoms with van der Waals surface area (Å²) in [5.74, 6) is 0.635. The first-order valence-electron chi connectivity index (χ1n) is 7.06. The number of hydrogen-bond acceptors (Lipinski definition) is 3. The number of ether oxygens (including phenoxy) is 1. The molecule has 4 nitrogen and oxygen atoms in total. The fraction of sp³-hybridized carbons (Fsp3) is 0.235. The van der Waals surface area contributed by atoms with Gasteiger partial charge in [0.15, 0.2) is 0 Å². The van der Waals surface area contributed by atoms with Crippen molar-refractivity contribution in [3.05, 3.63) is 54.1 Å². The van der Waals surface area contributed by atoms with E-state index < -0.39 is 0 Å². The number of aryl methyl sites for hydroxylation is 1. The fourth-order valence-electron chi connectivity index (χ4n) is 2.60. The molecule has 0 radical (unpaired) electrons. The van der Waals surface area contributed by atoms with Crippen molar-refractivity contribution in [3.8, 4) is 5.75 Å². The highest BCUT2D eigenvalue weighted by atomic mass is 16.5. The Morgan fingerprint density at radius 1 is 1.19 bits per heavy atom. The lowest BCUT2D eigenvalue weighted by Crippen LogP contribution is -2.37. The number of rotatable bonds is 3. The van der Waals surface area contributed by atoms with Gasteiger partial charge in [0.2, 0.25) is 5.91 Å². The molecule has 3 rings (SSSR count). The zero-order valence-electron chi connectivity index (χ0n) is 11.9. The Hall–Kier alpha value is -2.49. The third kappa shape index (κ3) is 2.84. The summed E-state index contributed by atoms with van der Waals surface area (Å²) in [6.07, 6.45) is 1.70.